The molecule has 0 aliphatic heterocycles. The Kier molecular flexibility index (Phi) is 9.12. The van der Waals surface area contributed by atoms with Gasteiger partial charge in [-0.1, -0.05) is 26.7 Å². The zero-order chi connectivity index (χ0) is 11.7. The molecule has 2 unspecified atom stereocenters. The summed E-state index contributed by atoms with van der Waals surface area (Å²) in [7, 11) is 6.10. The maximum Gasteiger partial charge on any atom is 0.0493 e. The first kappa shape index (κ1) is 14.9. The van der Waals surface area contributed by atoms with Gasteiger partial charge in [0, 0.05) is 13.7 Å². The lowest BCUT2D eigenvalue weighted by Crippen LogP contribution is -2.18. The molecule has 0 rings (SSSR count). The van der Waals surface area contributed by atoms with Crippen molar-refractivity contribution in [2.45, 2.75) is 39.5 Å². The van der Waals surface area contributed by atoms with E-state index in [1.807, 2.05) is 7.11 Å². The summed E-state index contributed by atoms with van der Waals surface area (Å²) in [5, 5.41) is 0. The van der Waals surface area contributed by atoms with Crippen LogP contribution in [0.15, 0.2) is 0 Å². The highest BCUT2D eigenvalue weighted by atomic mass is 16.5. The number of hydrogen-bond acceptors (Lipinski definition) is 2. The Morgan fingerprint density at radius 3 is 2.33 bits per heavy atom. The van der Waals surface area contributed by atoms with E-state index in [1.165, 1.54) is 32.2 Å². The first-order chi connectivity index (χ1) is 7.11. The molecule has 2 heteroatoms. The van der Waals surface area contributed by atoms with Gasteiger partial charge in [-0.3, -0.25) is 0 Å². The van der Waals surface area contributed by atoms with Crippen molar-refractivity contribution in [2.24, 2.45) is 11.8 Å². The Hall–Kier alpha value is -0.0800. The molecular formula is C13H29NO. The maximum absolute atomic E-state index is 5.29. The molecule has 0 aromatic rings. The van der Waals surface area contributed by atoms with Crippen LogP contribution in [-0.2, 0) is 4.74 Å². The van der Waals surface area contributed by atoms with Crippen LogP contribution in [0.1, 0.15) is 39.5 Å². The van der Waals surface area contributed by atoms with Crippen LogP contribution in [0.4, 0.5) is 0 Å². The first-order valence-electron chi connectivity index (χ1n) is 6.25. The van der Waals surface area contributed by atoms with Gasteiger partial charge in [-0.25, -0.2) is 0 Å². The standard InChI is InChI=1S/C13H29NO/c1-6-12(2)13(11-15-5)9-7-8-10-14(3)4/h12-13H,6-11H2,1-5H3. The third kappa shape index (κ3) is 7.80. The Morgan fingerprint density at radius 2 is 1.87 bits per heavy atom. The monoisotopic (exact) mass is 215 g/mol. The number of nitrogens with zero attached hydrogens (tertiary/aromatic N) is 1. The highest BCUT2D eigenvalue weighted by Crippen LogP contribution is 2.21. The Labute approximate surface area is 96.0 Å². The van der Waals surface area contributed by atoms with E-state index in [2.05, 4.69) is 32.8 Å². The van der Waals surface area contributed by atoms with Crippen LogP contribution in [0.5, 0.6) is 0 Å². The van der Waals surface area contributed by atoms with E-state index >= 15 is 0 Å². The molecule has 0 spiro atoms. The van der Waals surface area contributed by atoms with E-state index in [9.17, 15) is 0 Å². The molecule has 0 radical (unpaired) electrons. The minimum absolute atomic E-state index is 0.752. The molecule has 0 aliphatic carbocycles. The van der Waals surface area contributed by atoms with Crippen molar-refractivity contribution in [3.63, 3.8) is 0 Å². The highest BCUT2D eigenvalue weighted by molar-refractivity contribution is 4.65. The van der Waals surface area contributed by atoms with Gasteiger partial charge in [0.2, 0.25) is 0 Å². The fraction of sp³-hybridized carbons (Fsp3) is 1.00. The number of ether oxygens (including phenoxy) is 1. The van der Waals surface area contributed by atoms with Crippen molar-refractivity contribution >= 4 is 0 Å². The third-order valence-electron chi connectivity index (χ3n) is 3.26. The molecule has 0 fully saturated rings. The lowest BCUT2D eigenvalue weighted by Gasteiger charge is -2.22. The zero-order valence-corrected chi connectivity index (χ0v) is 11.3. The number of methoxy groups -OCH3 is 1. The number of hydrogen-bond donors (Lipinski definition) is 0. The molecule has 0 bridgehead atoms. The van der Waals surface area contributed by atoms with Gasteiger partial charge in [0.05, 0.1) is 0 Å². The lowest BCUT2D eigenvalue weighted by atomic mass is 9.88. The molecule has 0 amide bonds. The number of rotatable bonds is 9. The smallest absolute Gasteiger partial charge is 0.0493 e. The van der Waals surface area contributed by atoms with Crippen molar-refractivity contribution in [3.05, 3.63) is 0 Å². The second-order valence-electron chi connectivity index (χ2n) is 4.90. The van der Waals surface area contributed by atoms with Crippen LogP contribution in [-0.4, -0.2) is 39.3 Å². The summed E-state index contributed by atoms with van der Waals surface area (Å²) in [5.41, 5.74) is 0. The van der Waals surface area contributed by atoms with Crippen molar-refractivity contribution < 1.29 is 4.74 Å². The second kappa shape index (κ2) is 9.17. The summed E-state index contributed by atoms with van der Waals surface area (Å²) in [6.45, 7) is 6.75. The normalized spacial score (nSPS) is 15.6. The molecule has 0 aliphatic rings. The quantitative estimate of drug-likeness (QED) is 0.548. The summed E-state index contributed by atoms with van der Waals surface area (Å²) in [5.74, 6) is 1.55. The predicted molar refractivity (Wildman–Crippen MR) is 67.2 cm³/mol. The molecule has 0 aromatic heterocycles. The third-order valence-corrected chi connectivity index (χ3v) is 3.26. The van der Waals surface area contributed by atoms with Crippen molar-refractivity contribution in [1.82, 2.24) is 4.90 Å². The highest BCUT2D eigenvalue weighted by Gasteiger charge is 2.14. The topological polar surface area (TPSA) is 12.5 Å². The van der Waals surface area contributed by atoms with Gasteiger partial charge in [-0.05, 0) is 45.3 Å². The van der Waals surface area contributed by atoms with Gasteiger partial charge < -0.3 is 9.64 Å². The maximum atomic E-state index is 5.29. The lowest BCUT2D eigenvalue weighted by molar-refractivity contribution is 0.116. The number of unbranched alkanes of at least 4 members (excludes halogenated alkanes) is 1. The van der Waals surface area contributed by atoms with Gasteiger partial charge in [-0.15, -0.1) is 0 Å². The summed E-state index contributed by atoms with van der Waals surface area (Å²) in [4.78, 5) is 2.26. The van der Waals surface area contributed by atoms with E-state index < -0.39 is 0 Å². The SMILES string of the molecule is CCC(C)C(CCCCN(C)C)COC. The Bertz CT molecular complexity index is 136. The zero-order valence-electron chi connectivity index (χ0n) is 11.3. The largest absolute Gasteiger partial charge is 0.384 e. The average molecular weight is 215 g/mol. The van der Waals surface area contributed by atoms with Crippen LogP contribution in [0.2, 0.25) is 0 Å². The molecule has 0 aromatic carbocycles. The molecular weight excluding hydrogens is 186 g/mol. The van der Waals surface area contributed by atoms with Gasteiger partial charge in [0.25, 0.3) is 0 Å². The first-order valence-corrected chi connectivity index (χ1v) is 6.25. The van der Waals surface area contributed by atoms with Crippen LogP contribution in [0.3, 0.4) is 0 Å². The van der Waals surface area contributed by atoms with E-state index in [0.717, 1.165) is 18.4 Å². The fourth-order valence-electron chi connectivity index (χ4n) is 1.91. The molecule has 0 N–H and O–H groups in total. The van der Waals surface area contributed by atoms with E-state index in [4.69, 9.17) is 4.74 Å². The van der Waals surface area contributed by atoms with Gasteiger partial charge in [0.15, 0.2) is 0 Å². The molecule has 0 heterocycles. The van der Waals surface area contributed by atoms with Crippen molar-refractivity contribution in [3.8, 4) is 0 Å². The average Bonchev–Trinajstić information content (AvgIpc) is 2.21. The van der Waals surface area contributed by atoms with Crippen LogP contribution < -0.4 is 0 Å². The van der Waals surface area contributed by atoms with Gasteiger partial charge in [-0.2, -0.15) is 0 Å². The van der Waals surface area contributed by atoms with E-state index in [1.54, 1.807) is 0 Å². The van der Waals surface area contributed by atoms with E-state index in [-0.39, 0.29) is 0 Å². The van der Waals surface area contributed by atoms with Crippen molar-refractivity contribution in [1.29, 1.82) is 0 Å². The van der Waals surface area contributed by atoms with Gasteiger partial charge in [0.1, 0.15) is 0 Å². The second-order valence-corrected chi connectivity index (χ2v) is 4.90. The summed E-state index contributed by atoms with van der Waals surface area (Å²) < 4.78 is 5.29. The van der Waals surface area contributed by atoms with Crippen LogP contribution >= 0.6 is 0 Å². The minimum Gasteiger partial charge on any atom is -0.384 e. The minimum atomic E-state index is 0.752. The van der Waals surface area contributed by atoms with Crippen LogP contribution in [0.25, 0.3) is 0 Å². The Morgan fingerprint density at radius 1 is 1.20 bits per heavy atom. The Balaban J connectivity index is 3.66. The summed E-state index contributed by atoms with van der Waals surface area (Å²) in [6, 6.07) is 0. The fourth-order valence-corrected chi connectivity index (χ4v) is 1.91. The van der Waals surface area contributed by atoms with Gasteiger partial charge >= 0.3 is 0 Å². The molecule has 0 saturated heterocycles. The molecule has 2 nitrogen and oxygen atoms in total. The molecule has 2 atom stereocenters. The molecule has 0 saturated carbocycles. The molecule has 92 valence electrons. The van der Waals surface area contributed by atoms with Crippen molar-refractivity contribution in [2.75, 3.05) is 34.4 Å². The van der Waals surface area contributed by atoms with E-state index in [0.29, 0.717) is 0 Å². The summed E-state index contributed by atoms with van der Waals surface area (Å²) >= 11 is 0. The molecule has 15 heavy (non-hydrogen) atoms. The predicted octanol–water partition coefficient (Wildman–Crippen LogP) is 3.03. The van der Waals surface area contributed by atoms with Crippen LogP contribution in [0, 0.1) is 11.8 Å². The summed E-state index contributed by atoms with van der Waals surface area (Å²) in [6.07, 6.45) is 5.22.